The molecule has 1 amide bonds. The number of carbonyl (C=O) groups excluding carboxylic acids is 1. The lowest BCUT2D eigenvalue weighted by atomic mass is 10.0. The van der Waals surface area contributed by atoms with E-state index in [-0.39, 0.29) is 17.3 Å². The Morgan fingerprint density at radius 1 is 1.15 bits per heavy atom. The Labute approximate surface area is 229 Å². The average molecular weight is 549 g/mol. The smallest absolute Gasteiger partial charge is 0.273 e. The topological polar surface area (TPSA) is 108 Å². The average Bonchev–Trinajstić information content (AvgIpc) is 3.46. The van der Waals surface area contributed by atoms with E-state index in [0.717, 1.165) is 22.6 Å². The van der Waals surface area contributed by atoms with E-state index in [1.807, 2.05) is 45.0 Å². The van der Waals surface area contributed by atoms with E-state index in [1.165, 1.54) is 18.2 Å². The first-order chi connectivity index (χ1) is 18.6. The first-order valence-corrected chi connectivity index (χ1v) is 12.6. The number of benzene rings is 2. The first kappa shape index (κ1) is 26.3. The van der Waals surface area contributed by atoms with Gasteiger partial charge in [0.05, 0.1) is 16.8 Å². The molecule has 11 heteroatoms. The molecule has 5 aromatic rings. The minimum atomic E-state index is -0.598. The molecular formula is C28H26ClFN6O3. The summed E-state index contributed by atoms with van der Waals surface area (Å²) in [5.41, 5.74) is 3.40. The van der Waals surface area contributed by atoms with Crippen LogP contribution < -0.4 is 10.1 Å². The monoisotopic (exact) mass is 548 g/mol. The molecule has 0 fully saturated rings. The van der Waals surface area contributed by atoms with E-state index in [4.69, 9.17) is 25.8 Å². The number of nitrogens with one attached hydrogen (secondary N) is 1. The van der Waals surface area contributed by atoms with Gasteiger partial charge in [-0.1, -0.05) is 28.9 Å². The van der Waals surface area contributed by atoms with Gasteiger partial charge in [-0.15, -0.1) is 0 Å². The molecule has 1 N–H and O–H groups in total. The highest BCUT2D eigenvalue weighted by atomic mass is 35.5. The fraction of sp³-hybridized carbons (Fsp3) is 0.250. The van der Waals surface area contributed by atoms with Gasteiger partial charge in [0.2, 0.25) is 0 Å². The van der Waals surface area contributed by atoms with Gasteiger partial charge in [0.1, 0.15) is 41.1 Å². The highest BCUT2D eigenvalue weighted by Gasteiger charge is 2.21. The third-order valence-electron chi connectivity index (χ3n) is 6.25. The number of halogens is 2. The Morgan fingerprint density at radius 2 is 1.95 bits per heavy atom. The number of carbonyl (C=O) groups is 1. The number of aryl methyl sites for hydroxylation is 4. The van der Waals surface area contributed by atoms with Gasteiger partial charge in [-0.2, -0.15) is 5.10 Å². The number of para-hydroxylation sites is 1. The van der Waals surface area contributed by atoms with E-state index in [0.29, 0.717) is 34.0 Å². The summed E-state index contributed by atoms with van der Waals surface area (Å²) in [5, 5.41) is 12.1. The minimum absolute atomic E-state index is 0.0171. The molecule has 0 aliphatic heterocycles. The molecule has 0 aliphatic carbocycles. The van der Waals surface area contributed by atoms with Crippen molar-refractivity contribution in [1.29, 1.82) is 0 Å². The van der Waals surface area contributed by atoms with Crippen LogP contribution in [0, 0.1) is 33.5 Å². The van der Waals surface area contributed by atoms with Crippen LogP contribution in [-0.2, 0) is 6.61 Å². The number of fused-ring (bicyclic) bond motifs is 1. The van der Waals surface area contributed by atoms with Crippen LogP contribution in [0.3, 0.4) is 0 Å². The van der Waals surface area contributed by atoms with Crippen LogP contribution in [0.4, 0.5) is 4.39 Å². The molecule has 0 aliphatic rings. The molecule has 0 unspecified atom stereocenters. The summed E-state index contributed by atoms with van der Waals surface area (Å²) in [4.78, 5) is 21.8. The molecular weight excluding hydrogens is 523 g/mol. The third kappa shape index (κ3) is 5.33. The number of rotatable bonds is 7. The minimum Gasteiger partial charge on any atom is -0.487 e. The molecule has 3 heterocycles. The molecule has 200 valence electrons. The second kappa shape index (κ2) is 10.5. The van der Waals surface area contributed by atoms with Crippen LogP contribution >= 0.6 is 11.6 Å². The van der Waals surface area contributed by atoms with Gasteiger partial charge in [0, 0.05) is 22.7 Å². The van der Waals surface area contributed by atoms with Gasteiger partial charge in [-0.05, 0) is 64.4 Å². The quantitative estimate of drug-likeness (QED) is 0.270. The zero-order valence-electron chi connectivity index (χ0n) is 22.0. The maximum Gasteiger partial charge on any atom is 0.273 e. The number of ether oxygens (including phenoxy) is 1. The standard InChI is InChI=1S/C28H26ClFN6O3/c1-14-9-25(36-18(5)33-17(4)34-36)20-7-6-8-26(27(20)31-14)38-13-22-21(11-19(30)12-23(22)29)16(3)32-28(37)24-10-15(2)39-35-24/h6-12,16H,13H2,1-5H3,(H,32,37)/t16-/m0/s1. The zero-order valence-corrected chi connectivity index (χ0v) is 22.8. The van der Waals surface area contributed by atoms with E-state index in [2.05, 4.69) is 20.6 Å². The van der Waals surface area contributed by atoms with Crippen LogP contribution in [0.2, 0.25) is 5.02 Å². The fourth-order valence-corrected chi connectivity index (χ4v) is 4.77. The SMILES string of the molecule is Cc1cc(-n2nc(C)nc2C)c2cccc(OCc3c(Cl)cc(F)cc3[C@H](C)NC(=O)c3cc(C)on3)c2n1. The largest absolute Gasteiger partial charge is 0.487 e. The van der Waals surface area contributed by atoms with Crippen molar-refractivity contribution in [2.45, 2.75) is 47.3 Å². The number of aromatic nitrogens is 5. The predicted octanol–water partition coefficient (Wildman–Crippen LogP) is 5.90. The molecule has 2 aromatic carbocycles. The van der Waals surface area contributed by atoms with Crippen LogP contribution in [0.1, 0.15) is 57.7 Å². The van der Waals surface area contributed by atoms with Crippen LogP contribution in [0.25, 0.3) is 16.6 Å². The summed E-state index contributed by atoms with van der Waals surface area (Å²) >= 11 is 6.48. The van der Waals surface area contributed by atoms with Gasteiger partial charge in [-0.3, -0.25) is 4.79 Å². The number of hydrogen-bond acceptors (Lipinski definition) is 7. The van der Waals surface area contributed by atoms with E-state index < -0.39 is 17.8 Å². The maximum absolute atomic E-state index is 14.4. The van der Waals surface area contributed by atoms with Crippen molar-refractivity contribution in [1.82, 2.24) is 30.2 Å². The van der Waals surface area contributed by atoms with Crippen LogP contribution in [0.5, 0.6) is 5.75 Å². The second-order valence-corrected chi connectivity index (χ2v) is 9.72. The summed E-state index contributed by atoms with van der Waals surface area (Å²) in [7, 11) is 0. The Balaban J connectivity index is 1.47. The summed E-state index contributed by atoms with van der Waals surface area (Å²) in [5.74, 6) is 1.47. The molecule has 1 atom stereocenters. The van der Waals surface area contributed by atoms with Crippen LogP contribution in [0.15, 0.2) is 47.0 Å². The van der Waals surface area contributed by atoms with E-state index >= 15 is 0 Å². The summed E-state index contributed by atoms with van der Waals surface area (Å²) < 4.78 is 27.4. The van der Waals surface area contributed by atoms with Gasteiger partial charge in [-0.25, -0.2) is 19.0 Å². The van der Waals surface area contributed by atoms with Gasteiger partial charge >= 0.3 is 0 Å². The molecule has 0 saturated carbocycles. The van der Waals surface area contributed by atoms with Crippen molar-refractivity contribution < 1.29 is 18.4 Å². The zero-order chi connectivity index (χ0) is 27.8. The Kier molecular flexibility index (Phi) is 7.05. The molecule has 0 bridgehead atoms. The molecule has 39 heavy (non-hydrogen) atoms. The first-order valence-electron chi connectivity index (χ1n) is 12.3. The van der Waals surface area contributed by atoms with Gasteiger partial charge in [0.15, 0.2) is 5.69 Å². The molecule has 9 nitrogen and oxygen atoms in total. The van der Waals surface area contributed by atoms with E-state index in [1.54, 1.807) is 18.5 Å². The lowest BCUT2D eigenvalue weighted by Crippen LogP contribution is -2.28. The lowest BCUT2D eigenvalue weighted by Gasteiger charge is -2.20. The number of amides is 1. The van der Waals surface area contributed by atoms with Gasteiger partial charge in [0.25, 0.3) is 5.91 Å². The number of hydrogen-bond donors (Lipinski definition) is 1. The van der Waals surface area contributed by atoms with Gasteiger partial charge < -0.3 is 14.6 Å². The molecule has 0 saturated heterocycles. The summed E-state index contributed by atoms with van der Waals surface area (Å²) in [6.45, 7) is 9.07. The number of nitrogens with zero attached hydrogens (tertiary/aromatic N) is 5. The third-order valence-corrected chi connectivity index (χ3v) is 6.59. The molecule has 5 rings (SSSR count). The Morgan fingerprint density at radius 3 is 2.64 bits per heavy atom. The molecule has 3 aromatic heterocycles. The van der Waals surface area contributed by atoms with Crippen molar-refractivity contribution in [3.63, 3.8) is 0 Å². The Bertz CT molecular complexity index is 1710. The maximum atomic E-state index is 14.4. The summed E-state index contributed by atoms with van der Waals surface area (Å²) in [6, 6.07) is 11.1. The van der Waals surface area contributed by atoms with Crippen LogP contribution in [-0.4, -0.2) is 30.8 Å². The molecule has 0 radical (unpaired) electrons. The van der Waals surface area contributed by atoms with E-state index in [9.17, 15) is 9.18 Å². The second-order valence-electron chi connectivity index (χ2n) is 9.32. The molecule has 0 spiro atoms. The number of pyridine rings is 1. The van der Waals surface area contributed by atoms with Crippen molar-refractivity contribution in [3.05, 3.63) is 93.2 Å². The van der Waals surface area contributed by atoms with Crippen molar-refractivity contribution >= 4 is 28.4 Å². The highest BCUT2D eigenvalue weighted by Crippen LogP contribution is 2.32. The highest BCUT2D eigenvalue weighted by molar-refractivity contribution is 6.31. The van der Waals surface area contributed by atoms with Crippen molar-refractivity contribution in [2.24, 2.45) is 0 Å². The summed E-state index contributed by atoms with van der Waals surface area (Å²) in [6.07, 6.45) is 0. The lowest BCUT2D eigenvalue weighted by molar-refractivity contribution is 0.0930. The Hall–Kier alpha value is -4.31. The normalized spacial score (nSPS) is 12.1. The van der Waals surface area contributed by atoms with Crippen molar-refractivity contribution in [3.8, 4) is 11.4 Å². The van der Waals surface area contributed by atoms with Crippen molar-refractivity contribution in [2.75, 3.05) is 0 Å². The fourth-order valence-electron chi connectivity index (χ4n) is 4.50. The predicted molar refractivity (Wildman–Crippen MR) is 144 cm³/mol.